The van der Waals surface area contributed by atoms with Crippen LogP contribution >= 0.6 is 0 Å². The molecule has 0 spiro atoms. The molecule has 0 aliphatic heterocycles. The van der Waals surface area contributed by atoms with Gasteiger partial charge in [-0.2, -0.15) is 0 Å². The highest BCUT2D eigenvalue weighted by atomic mass is 19.4. The molecule has 1 fully saturated rings. The summed E-state index contributed by atoms with van der Waals surface area (Å²) in [7, 11) is 0. The van der Waals surface area contributed by atoms with E-state index in [0.717, 1.165) is 6.42 Å². The van der Waals surface area contributed by atoms with Gasteiger partial charge >= 0.3 is 6.36 Å². The summed E-state index contributed by atoms with van der Waals surface area (Å²) >= 11 is 0. The summed E-state index contributed by atoms with van der Waals surface area (Å²) in [6.45, 7) is -0.108. The third kappa shape index (κ3) is 4.49. The summed E-state index contributed by atoms with van der Waals surface area (Å²) in [5.74, 6) is -0.544. The third-order valence-corrected chi connectivity index (χ3v) is 2.83. The molecule has 1 rings (SSSR count). The number of ether oxygens (including phenoxy) is 1. The zero-order valence-corrected chi connectivity index (χ0v) is 8.93. The lowest BCUT2D eigenvalue weighted by atomic mass is 9.94. The second kappa shape index (κ2) is 5.63. The van der Waals surface area contributed by atoms with E-state index in [1.54, 1.807) is 0 Å². The molecule has 0 heterocycles. The van der Waals surface area contributed by atoms with Crippen molar-refractivity contribution in [2.75, 3.05) is 6.54 Å². The summed E-state index contributed by atoms with van der Waals surface area (Å²) in [4.78, 5) is 11.4. The number of carbonyl (C=O) groups is 1. The molecule has 0 radical (unpaired) electrons. The van der Waals surface area contributed by atoms with Crippen molar-refractivity contribution < 1.29 is 22.7 Å². The fraction of sp³-hybridized carbons (Fsp3) is 0.900. The number of alkyl halides is 3. The molecule has 0 aromatic rings. The van der Waals surface area contributed by atoms with E-state index in [4.69, 9.17) is 5.73 Å². The van der Waals surface area contributed by atoms with Crippen LogP contribution in [-0.4, -0.2) is 24.8 Å². The number of hydrogen-bond acceptors (Lipinski definition) is 3. The Morgan fingerprint density at radius 2 is 1.94 bits per heavy atom. The van der Waals surface area contributed by atoms with Gasteiger partial charge in [0.25, 0.3) is 0 Å². The van der Waals surface area contributed by atoms with Crippen molar-refractivity contribution in [3.8, 4) is 0 Å². The van der Waals surface area contributed by atoms with Crippen molar-refractivity contribution in [1.82, 2.24) is 0 Å². The van der Waals surface area contributed by atoms with Crippen LogP contribution in [0, 0.1) is 5.92 Å². The van der Waals surface area contributed by atoms with Gasteiger partial charge in [0.15, 0.2) is 0 Å². The van der Waals surface area contributed by atoms with Crippen LogP contribution in [0.2, 0.25) is 0 Å². The Kier molecular flexibility index (Phi) is 4.73. The second-order valence-corrected chi connectivity index (χ2v) is 4.07. The molecule has 16 heavy (non-hydrogen) atoms. The van der Waals surface area contributed by atoms with Crippen LogP contribution in [0.4, 0.5) is 13.2 Å². The number of rotatable bonds is 3. The zero-order valence-electron chi connectivity index (χ0n) is 8.93. The van der Waals surface area contributed by atoms with Gasteiger partial charge in [-0.05, 0) is 19.3 Å². The topological polar surface area (TPSA) is 52.3 Å². The molecule has 0 amide bonds. The van der Waals surface area contributed by atoms with E-state index < -0.39 is 12.5 Å². The van der Waals surface area contributed by atoms with Crippen molar-refractivity contribution in [3.63, 3.8) is 0 Å². The Hall–Kier alpha value is -0.620. The van der Waals surface area contributed by atoms with E-state index in [1.165, 1.54) is 0 Å². The van der Waals surface area contributed by atoms with Crippen LogP contribution in [0.15, 0.2) is 0 Å². The van der Waals surface area contributed by atoms with Crippen molar-refractivity contribution in [2.24, 2.45) is 11.7 Å². The van der Waals surface area contributed by atoms with Crippen molar-refractivity contribution in [3.05, 3.63) is 0 Å². The maximum Gasteiger partial charge on any atom is 0.522 e. The Morgan fingerprint density at radius 1 is 1.31 bits per heavy atom. The second-order valence-electron chi connectivity index (χ2n) is 4.07. The number of halogens is 3. The minimum atomic E-state index is -4.62. The maximum atomic E-state index is 12.1. The lowest BCUT2D eigenvalue weighted by molar-refractivity contribution is -0.344. The highest BCUT2D eigenvalue weighted by Crippen LogP contribution is 2.30. The minimum Gasteiger partial charge on any atom is -0.324 e. The number of carbonyl (C=O) groups excluding carboxylic acids is 1. The molecule has 0 saturated heterocycles. The minimum absolute atomic E-state index is 0.108. The first-order chi connectivity index (χ1) is 7.42. The highest BCUT2D eigenvalue weighted by molar-refractivity contribution is 5.82. The molecule has 1 aliphatic rings. The average molecular weight is 239 g/mol. The largest absolute Gasteiger partial charge is 0.522 e. The van der Waals surface area contributed by atoms with Gasteiger partial charge in [-0.3, -0.25) is 9.53 Å². The van der Waals surface area contributed by atoms with Gasteiger partial charge in [0.05, 0.1) is 12.6 Å². The molecular weight excluding hydrogens is 223 g/mol. The van der Waals surface area contributed by atoms with Gasteiger partial charge in [-0.1, -0.05) is 12.8 Å². The Bertz CT molecular complexity index is 243. The van der Waals surface area contributed by atoms with E-state index in [0.29, 0.717) is 19.3 Å². The molecule has 1 aliphatic carbocycles. The van der Waals surface area contributed by atoms with Gasteiger partial charge in [0.2, 0.25) is 0 Å². The van der Waals surface area contributed by atoms with Crippen LogP contribution < -0.4 is 5.73 Å². The number of ketones is 1. The quantitative estimate of drug-likeness (QED) is 0.766. The SMILES string of the molecule is NCC(=O)C1CCCCC(OC(F)(F)F)C1. The zero-order chi connectivity index (χ0) is 12.2. The first kappa shape index (κ1) is 13.4. The van der Waals surface area contributed by atoms with Crippen molar-refractivity contribution in [1.29, 1.82) is 0 Å². The number of nitrogens with two attached hydrogens (primary N) is 1. The fourth-order valence-corrected chi connectivity index (χ4v) is 2.07. The molecule has 0 aromatic carbocycles. The summed E-state index contributed by atoms with van der Waals surface area (Å²) in [5.41, 5.74) is 5.21. The smallest absolute Gasteiger partial charge is 0.324 e. The van der Waals surface area contributed by atoms with E-state index in [1.807, 2.05) is 0 Å². The van der Waals surface area contributed by atoms with Gasteiger partial charge in [-0.15, -0.1) is 13.2 Å². The van der Waals surface area contributed by atoms with Crippen LogP contribution in [0.5, 0.6) is 0 Å². The number of Topliss-reactive ketones (excluding diaryl/α,β-unsaturated/α-hetero) is 1. The lowest BCUT2D eigenvalue weighted by Crippen LogP contribution is -2.29. The molecule has 0 aromatic heterocycles. The van der Waals surface area contributed by atoms with Crippen LogP contribution in [0.1, 0.15) is 32.1 Å². The molecule has 2 unspecified atom stereocenters. The van der Waals surface area contributed by atoms with E-state index in [9.17, 15) is 18.0 Å². The third-order valence-electron chi connectivity index (χ3n) is 2.83. The van der Waals surface area contributed by atoms with Gasteiger partial charge in [0.1, 0.15) is 5.78 Å². The monoisotopic (exact) mass is 239 g/mol. The van der Waals surface area contributed by atoms with E-state index in [2.05, 4.69) is 4.74 Å². The molecule has 2 atom stereocenters. The normalized spacial score (nSPS) is 27.5. The first-order valence-corrected chi connectivity index (χ1v) is 5.39. The summed E-state index contributed by atoms with van der Waals surface area (Å²) in [6, 6.07) is 0. The molecule has 94 valence electrons. The predicted molar refractivity (Wildman–Crippen MR) is 51.6 cm³/mol. The van der Waals surface area contributed by atoms with E-state index in [-0.39, 0.29) is 24.7 Å². The Labute approximate surface area is 92.1 Å². The van der Waals surface area contributed by atoms with Gasteiger partial charge in [-0.25, -0.2) is 0 Å². The highest BCUT2D eigenvalue weighted by Gasteiger charge is 2.36. The standard InChI is InChI=1S/C10H16F3NO2/c11-10(12,13)16-8-4-2-1-3-7(5-8)9(15)6-14/h7-8H,1-6,14H2. The molecule has 3 nitrogen and oxygen atoms in total. The summed E-state index contributed by atoms with van der Waals surface area (Å²) in [5, 5.41) is 0. The van der Waals surface area contributed by atoms with Crippen LogP contribution in [-0.2, 0) is 9.53 Å². The molecule has 1 saturated carbocycles. The molecular formula is C10H16F3NO2. The number of hydrogen-bond donors (Lipinski definition) is 1. The average Bonchev–Trinajstić information content (AvgIpc) is 2.39. The Balaban J connectivity index is 2.55. The lowest BCUT2D eigenvalue weighted by Gasteiger charge is -2.20. The first-order valence-electron chi connectivity index (χ1n) is 5.39. The fourth-order valence-electron chi connectivity index (χ4n) is 2.07. The summed E-state index contributed by atoms with van der Waals surface area (Å²) < 4.78 is 40.1. The van der Waals surface area contributed by atoms with Gasteiger partial charge < -0.3 is 5.73 Å². The molecule has 2 N–H and O–H groups in total. The molecule has 0 bridgehead atoms. The Morgan fingerprint density at radius 3 is 2.50 bits per heavy atom. The predicted octanol–water partition coefficient (Wildman–Crippen LogP) is 2.00. The van der Waals surface area contributed by atoms with Crippen molar-refractivity contribution in [2.45, 2.75) is 44.6 Å². The van der Waals surface area contributed by atoms with E-state index >= 15 is 0 Å². The van der Waals surface area contributed by atoms with Crippen molar-refractivity contribution >= 4 is 5.78 Å². The van der Waals surface area contributed by atoms with Gasteiger partial charge in [0, 0.05) is 5.92 Å². The van der Waals surface area contributed by atoms with Crippen LogP contribution in [0.3, 0.4) is 0 Å². The van der Waals surface area contributed by atoms with Crippen LogP contribution in [0.25, 0.3) is 0 Å². The molecule has 6 heteroatoms. The maximum absolute atomic E-state index is 12.1. The summed E-state index contributed by atoms with van der Waals surface area (Å²) in [6.07, 6.45) is -2.99.